The largest absolute Gasteiger partial charge is 0.490 e. The van der Waals surface area contributed by atoms with E-state index in [0.717, 1.165) is 31.7 Å². The Balaban J connectivity index is 1.24. The molecule has 1 aromatic heterocycles. The molecular formula is C20H24N2O4. The standard InChI is InChI=1S/C20H24N2O4/c1-24-19-11-17(26-21-19)7-8-20(23)22-12-14-9-18(10-15(14)13-22)25-16-5-3-2-4-6-16/h2-6,11,14-15,18H,7-10,12-13H2,1H3/t14-,15+,18?. The van der Waals surface area contributed by atoms with Gasteiger partial charge in [-0.2, -0.15) is 0 Å². The van der Waals surface area contributed by atoms with E-state index in [1.807, 2.05) is 35.2 Å². The molecule has 4 rings (SSSR count). The normalized spacial score (nSPS) is 24.5. The van der Waals surface area contributed by atoms with Crippen LogP contribution in [0.2, 0.25) is 0 Å². The molecule has 2 aromatic rings. The summed E-state index contributed by atoms with van der Waals surface area (Å²) in [5, 5.41) is 3.76. The molecule has 1 saturated carbocycles. The van der Waals surface area contributed by atoms with Crippen molar-refractivity contribution in [3.63, 3.8) is 0 Å². The molecule has 6 heteroatoms. The minimum Gasteiger partial charge on any atom is -0.490 e. The summed E-state index contributed by atoms with van der Waals surface area (Å²) >= 11 is 0. The third-order valence-corrected chi connectivity index (χ3v) is 5.44. The van der Waals surface area contributed by atoms with Crippen LogP contribution in [0.5, 0.6) is 11.6 Å². The molecule has 1 saturated heterocycles. The minimum absolute atomic E-state index is 0.190. The summed E-state index contributed by atoms with van der Waals surface area (Å²) in [6.45, 7) is 1.69. The number of para-hydroxylation sites is 1. The summed E-state index contributed by atoms with van der Waals surface area (Å²) in [5.41, 5.74) is 0. The maximum Gasteiger partial charge on any atom is 0.254 e. The number of carbonyl (C=O) groups is 1. The quantitative estimate of drug-likeness (QED) is 0.796. The van der Waals surface area contributed by atoms with Gasteiger partial charge >= 0.3 is 0 Å². The number of benzene rings is 1. The third kappa shape index (κ3) is 3.69. The second-order valence-corrected chi connectivity index (χ2v) is 7.18. The fourth-order valence-corrected chi connectivity index (χ4v) is 4.13. The second-order valence-electron chi connectivity index (χ2n) is 7.18. The number of amides is 1. The molecule has 2 fully saturated rings. The van der Waals surface area contributed by atoms with Crippen LogP contribution < -0.4 is 9.47 Å². The highest BCUT2D eigenvalue weighted by Crippen LogP contribution is 2.40. The number of ether oxygens (including phenoxy) is 2. The van der Waals surface area contributed by atoms with Gasteiger partial charge in [0.25, 0.3) is 5.88 Å². The molecule has 1 amide bonds. The SMILES string of the molecule is COc1cc(CCC(=O)N2C[C@H]3CC(Oc4ccccc4)C[C@H]3C2)on1. The van der Waals surface area contributed by atoms with E-state index in [4.69, 9.17) is 14.0 Å². The van der Waals surface area contributed by atoms with Gasteiger partial charge in [-0.25, -0.2) is 0 Å². The highest BCUT2D eigenvalue weighted by atomic mass is 16.5. The van der Waals surface area contributed by atoms with Crippen molar-refractivity contribution >= 4 is 5.91 Å². The minimum atomic E-state index is 0.190. The van der Waals surface area contributed by atoms with Gasteiger partial charge in [-0.15, -0.1) is 0 Å². The lowest BCUT2D eigenvalue weighted by molar-refractivity contribution is -0.130. The number of rotatable bonds is 6. The van der Waals surface area contributed by atoms with Crippen LogP contribution in [0.15, 0.2) is 40.9 Å². The molecule has 2 heterocycles. The number of carbonyl (C=O) groups excluding carboxylic acids is 1. The van der Waals surface area contributed by atoms with E-state index in [9.17, 15) is 4.79 Å². The number of methoxy groups -OCH3 is 1. The summed E-state index contributed by atoms with van der Waals surface area (Å²) in [4.78, 5) is 14.5. The lowest BCUT2D eigenvalue weighted by Gasteiger charge is -2.20. The molecule has 1 aliphatic heterocycles. The predicted molar refractivity (Wildman–Crippen MR) is 95.0 cm³/mol. The topological polar surface area (TPSA) is 64.8 Å². The van der Waals surface area contributed by atoms with Crippen molar-refractivity contribution in [2.45, 2.75) is 31.8 Å². The second kappa shape index (κ2) is 7.40. The molecular weight excluding hydrogens is 332 g/mol. The van der Waals surface area contributed by atoms with Crippen molar-refractivity contribution in [3.05, 3.63) is 42.2 Å². The van der Waals surface area contributed by atoms with Gasteiger partial charge in [-0.1, -0.05) is 18.2 Å². The van der Waals surface area contributed by atoms with Gasteiger partial charge in [0.05, 0.1) is 13.2 Å². The molecule has 138 valence electrons. The van der Waals surface area contributed by atoms with Crippen molar-refractivity contribution in [2.24, 2.45) is 11.8 Å². The van der Waals surface area contributed by atoms with E-state index in [1.165, 1.54) is 0 Å². The van der Waals surface area contributed by atoms with Gasteiger partial charge < -0.3 is 18.9 Å². The summed E-state index contributed by atoms with van der Waals surface area (Å²) in [6.07, 6.45) is 3.33. The molecule has 3 atom stereocenters. The number of aryl methyl sites for hydroxylation is 1. The van der Waals surface area contributed by atoms with Crippen LogP contribution in [-0.4, -0.2) is 42.3 Å². The maximum absolute atomic E-state index is 12.5. The maximum atomic E-state index is 12.5. The predicted octanol–water partition coefficient (Wildman–Crippen LogP) is 2.93. The first-order chi connectivity index (χ1) is 12.7. The van der Waals surface area contributed by atoms with Crippen LogP contribution in [0.4, 0.5) is 0 Å². The average molecular weight is 356 g/mol. The van der Waals surface area contributed by atoms with Crippen molar-refractivity contribution < 1.29 is 18.8 Å². The van der Waals surface area contributed by atoms with Gasteiger partial charge in [0.15, 0.2) is 0 Å². The van der Waals surface area contributed by atoms with Crippen LogP contribution in [0, 0.1) is 11.8 Å². The fourth-order valence-electron chi connectivity index (χ4n) is 4.13. The summed E-state index contributed by atoms with van der Waals surface area (Å²) in [6, 6.07) is 11.7. The molecule has 0 radical (unpaired) electrons. The van der Waals surface area contributed by atoms with Gasteiger partial charge in [-0.05, 0) is 42.0 Å². The Morgan fingerprint density at radius 3 is 2.62 bits per heavy atom. The van der Waals surface area contributed by atoms with E-state index in [-0.39, 0.29) is 12.0 Å². The van der Waals surface area contributed by atoms with Crippen molar-refractivity contribution in [3.8, 4) is 11.6 Å². The number of nitrogens with zero attached hydrogens (tertiary/aromatic N) is 2. The van der Waals surface area contributed by atoms with E-state index in [2.05, 4.69) is 5.16 Å². The summed E-state index contributed by atoms with van der Waals surface area (Å²) in [5.74, 6) is 3.37. The van der Waals surface area contributed by atoms with Crippen LogP contribution >= 0.6 is 0 Å². The molecule has 0 spiro atoms. The monoisotopic (exact) mass is 356 g/mol. The van der Waals surface area contributed by atoms with Crippen molar-refractivity contribution in [1.82, 2.24) is 10.1 Å². The molecule has 2 aliphatic rings. The van der Waals surface area contributed by atoms with Crippen LogP contribution in [0.25, 0.3) is 0 Å². The van der Waals surface area contributed by atoms with Crippen LogP contribution in [0.3, 0.4) is 0 Å². The average Bonchev–Trinajstić information content (AvgIpc) is 3.35. The molecule has 0 bridgehead atoms. The lowest BCUT2D eigenvalue weighted by atomic mass is 10.0. The fraction of sp³-hybridized carbons (Fsp3) is 0.500. The van der Waals surface area contributed by atoms with E-state index in [0.29, 0.717) is 36.3 Å². The highest BCUT2D eigenvalue weighted by Gasteiger charge is 2.43. The van der Waals surface area contributed by atoms with E-state index < -0.39 is 0 Å². The van der Waals surface area contributed by atoms with E-state index in [1.54, 1.807) is 13.2 Å². The van der Waals surface area contributed by atoms with Gasteiger partial charge in [-0.3, -0.25) is 4.79 Å². The Labute approximate surface area is 153 Å². The summed E-state index contributed by atoms with van der Waals surface area (Å²) < 4.78 is 16.2. The van der Waals surface area contributed by atoms with Crippen molar-refractivity contribution in [1.29, 1.82) is 0 Å². The first-order valence-corrected chi connectivity index (χ1v) is 9.20. The zero-order valence-electron chi connectivity index (χ0n) is 15.0. The van der Waals surface area contributed by atoms with E-state index >= 15 is 0 Å². The van der Waals surface area contributed by atoms with Gasteiger partial charge in [0.1, 0.15) is 11.5 Å². The molecule has 1 aromatic carbocycles. The van der Waals surface area contributed by atoms with Gasteiger partial charge in [0, 0.05) is 32.0 Å². The Morgan fingerprint density at radius 2 is 1.96 bits per heavy atom. The number of hydrogen-bond donors (Lipinski definition) is 0. The van der Waals surface area contributed by atoms with Crippen LogP contribution in [0.1, 0.15) is 25.0 Å². The Hall–Kier alpha value is -2.50. The molecule has 0 N–H and O–H groups in total. The Bertz CT molecular complexity index is 731. The lowest BCUT2D eigenvalue weighted by Crippen LogP contribution is -2.31. The molecule has 26 heavy (non-hydrogen) atoms. The summed E-state index contributed by atoms with van der Waals surface area (Å²) in [7, 11) is 1.55. The first kappa shape index (κ1) is 16.9. The smallest absolute Gasteiger partial charge is 0.254 e. The Kier molecular flexibility index (Phi) is 4.82. The molecule has 1 aliphatic carbocycles. The van der Waals surface area contributed by atoms with Crippen LogP contribution in [-0.2, 0) is 11.2 Å². The molecule has 6 nitrogen and oxygen atoms in total. The zero-order valence-corrected chi connectivity index (χ0v) is 15.0. The number of aromatic nitrogens is 1. The van der Waals surface area contributed by atoms with Crippen molar-refractivity contribution in [2.75, 3.05) is 20.2 Å². The zero-order chi connectivity index (χ0) is 17.9. The highest BCUT2D eigenvalue weighted by molar-refractivity contribution is 5.76. The first-order valence-electron chi connectivity index (χ1n) is 9.20. The third-order valence-electron chi connectivity index (χ3n) is 5.44. The number of fused-ring (bicyclic) bond motifs is 1. The number of likely N-dealkylation sites (tertiary alicyclic amines) is 1. The molecule has 1 unspecified atom stereocenters. The Morgan fingerprint density at radius 1 is 1.23 bits per heavy atom. The van der Waals surface area contributed by atoms with Gasteiger partial charge in [0.2, 0.25) is 5.91 Å². The number of hydrogen-bond acceptors (Lipinski definition) is 5.